The van der Waals surface area contributed by atoms with Gasteiger partial charge in [0.15, 0.2) is 18.6 Å². The van der Waals surface area contributed by atoms with Gasteiger partial charge in [0.2, 0.25) is 5.88 Å². The highest BCUT2D eigenvalue weighted by Crippen LogP contribution is 2.65. The minimum absolute atomic E-state index is 0.203. The van der Waals surface area contributed by atoms with Gasteiger partial charge in [0.05, 0.1) is 11.0 Å². The second-order valence-electron chi connectivity index (χ2n) is 8.03. The molecule has 2 aromatic rings. The molecule has 1 aromatic heterocycles. The minimum Gasteiger partial charge on any atom is -0.469 e. The zero-order chi connectivity index (χ0) is 33.2. The molecule has 4 nitrogen and oxygen atoms in total. The van der Waals surface area contributed by atoms with Crippen LogP contribution in [0, 0.1) is 0 Å². The Kier molecular flexibility index (Phi) is 8.21. The molecule has 23 heteroatoms. The normalized spacial score (nSPS) is 15.2. The third-order valence-corrected chi connectivity index (χ3v) is 5.25. The van der Waals surface area contributed by atoms with E-state index in [1.165, 1.54) is 12.1 Å². The van der Waals surface area contributed by atoms with Gasteiger partial charge in [0, 0.05) is 0 Å². The highest BCUT2D eigenvalue weighted by atomic mass is 19.4. The van der Waals surface area contributed by atoms with Crippen molar-refractivity contribution in [1.29, 1.82) is 0 Å². The molecular formula is C19H7F19N2O2. The van der Waals surface area contributed by atoms with Crippen molar-refractivity contribution >= 4 is 17.3 Å². The lowest BCUT2D eigenvalue weighted by Gasteiger charge is -2.43. The zero-order valence-corrected chi connectivity index (χ0v) is 19.0. The Labute approximate surface area is 217 Å². The molecule has 0 saturated carbocycles. The van der Waals surface area contributed by atoms with E-state index in [1.807, 2.05) is 0 Å². The molecule has 0 aliphatic carbocycles. The number of carbonyl (C=O) groups is 1. The number of aromatic nitrogens is 2. The largest absolute Gasteiger partial charge is 0.469 e. The molecule has 1 aromatic carbocycles. The molecule has 0 fully saturated rings. The first-order valence-electron chi connectivity index (χ1n) is 9.93. The Morgan fingerprint density at radius 3 is 1.29 bits per heavy atom. The van der Waals surface area contributed by atoms with Crippen LogP contribution < -0.4 is 4.74 Å². The summed E-state index contributed by atoms with van der Waals surface area (Å²) in [5.74, 6) is -69.2. The number of ether oxygens (including phenoxy) is 1. The van der Waals surface area contributed by atoms with Crippen LogP contribution in [0.25, 0.3) is 11.0 Å². The van der Waals surface area contributed by atoms with E-state index in [4.69, 9.17) is 0 Å². The predicted molar refractivity (Wildman–Crippen MR) is 96.1 cm³/mol. The van der Waals surface area contributed by atoms with Gasteiger partial charge in [-0.1, -0.05) is 12.1 Å². The number of nitrogens with zero attached hydrogens (tertiary/aromatic N) is 2. The Balaban J connectivity index is 2.54. The standard InChI is InChI=1S/C19H7F19N2O2/c20-11(21,6-42-10-9(5-41)39-7-3-1-2-4-8(7)40-10)12(22,23)13(24,25)14(26,27)15(28,29)16(30,31)17(32,33)18(34,35)19(36,37)38/h1-5H,6H2. The zero-order valence-electron chi connectivity index (χ0n) is 19.0. The summed E-state index contributed by atoms with van der Waals surface area (Å²) in [6, 6.07) is 4.57. The molecule has 238 valence electrons. The summed E-state index contributed by atoms with van der Waals surface area (Å²) in [6.45, 7) is -3.33. The molecule has 1 heterocycles. The van der Waals surface area contributed by atoms with Crippen molar-refractivity contribution in [2.45, 2.75) is 53.6 Å². The van der Waals surface area contributed by atoms with Gasteiger partial charge in [0.1, 0.15) is 0 Å². The van der Waals surface area contributed by atoms with E-state index in [2.05, 4.69) is 14.7 Å². The van der Waals surface area contributed by atoms with Gasteiger partial charge in [-0.15, -0.1) is 0 Å². The minimum atomic E-state index is -9.02. The number of carbonyl (C=O) groups excluding carboxylic acids is 1. The van der Waals surface area contributed by atoms with Crippen LogP contribution in [0.3, 0.4) is 0 Å². The number of rotatable bonds is 11. The van der Waals surface area contributed by atoms with Crippen molar-refractivity contribution in [3.8, 4) is 5.88 Å². The van der Waals surface area contributed by atoms with Crippen LogP contribution in [0.4, 0.5) is 83.4 Å². The quantitative estimate of drug-likeness (QED) is 0.186. The summed E-state index contributed by atoms with van der Waals surface area (Å²) in [6.07, 6.45) is -8.30. The van der Waals surface area contributed by atoms with Crippen molar-refractivity contribution < 1.29 is 92.9 Å². The second-order valence-corrected chi connectivity index (χ2v) is 8.03. The van der Waals surface area contributed by atoms with Gasteiger partial charge in [-0.05, 0) is 12.1 Å². The first-order valence-corrected chi connectivity index (χ1v) is 9.93. The average Bonchev–Trinajstić information content (AvgIpc) is 2.85. The fourth-order valence-electron chi connectivity index (χ4n) is 2.82. The molecule has 0 unspecified atom stereocenters. The molecule has 0 aliphatic heterocycles. The van der Waals surface area contributed by atoms with E-state index >= 15 is 0 Å². The van der Waals surface area contributed by atoms with Crippen molar-refractivity contribution in [1.82, 2.24) is 9.97 Å². The van der Waals surface area contributed by atoms with E-state index in [-0.39, 0.29) is 17.3 Å². The molecule has 0 radical (unpaired) electrons. The first-order chi connectivity index (χ1) is 18.5. The Morgan fingerprint density at radius 2 is 0.905 bits per heavy atom. The summed E-state index contributed by atoms with van der Waals surface area (Å²) in [5, 5.41) is 0. The number of benzene rings is 1. The van der Waals surface area contributed by atoms with Crippen LogP contribution in [-0.2, 0) is 0 Å². The number of alkyl halides is 19. The average molecular weight is 656 g/mol. The number of fused-ring (bicyclic) bond motifs is 1. The third-order valence-electron chi connectivity index (χ3n) is 5.25. The molecule has 0 saturated heterocycles. The predicted octanol–water partition coefficient (Wildman–Crippen LogP) is 7.47. The Hall–Kier alpha value is -3.30. The fraction of sp³-hybridized carbons (Fsp3) is 0.526. The van der Waals surface area contributed by atoms with Crippen LogP contribution in [0.1, 0.15) is 10.5 Å². The number of hydrogen-bond donors (Lipinski definition) is 0. The molecule has 2 rings (SSSR count). The van der Waals surface area contributed by atoms with E-state index in [9.17, 15) is 88.2 Å². The Bertz CT molecular complexity index is 1320. The number of para-hydroxylation sites is 2. The van der Waals surface area contributed by atoms with Crippen molar-refractivity contribution in [3.63, 3.8) is 0 Å². The second kappa shape index (κ2) is 9.88. The van der Waals surface area contributed by atoms with Gasteiger partial charge in [-0.25, -0.2) is 9.97 Å². The van der Waals surface area contributed by atoms with E-state index in [1.54, 1.807) is 0 Å². The summed E-state index contributed by atoms with van der Waals surface area (Å²) in [5.41, 5.74) is -1.71. The molecule has 42 heavy (non-hydrogen) atoms. The van der Waals surface area contributed by atoms with Gasteiger partial charge in [0.25, 0.3) is 0 Å². The summed E-state index contributed by atoms with van der Waals surface area (Å²) >= 11 is 0. The summed E-state index contributed by atoms with van der Waals surface area (Å²) < 4.78 is 258. The number of aldehydes is 1. The van der Waals surface area contributed by atoms with Gasteiger partial charge in [-0.3, -0.25) is 4.79 Å². The lowest BCUT2D eigenvalue weighted by Crippen LogP contribution is -2.76. The maximum atomic E-state index is 14.1. The SMILES string of the molecule is O=Cc1nc2ccccc2nc1OCC(F)(F)C(F)(F)C(F)(F)C(F)(F)C(F)(F)C(F)(F)C(F)(F)C(F)(F)C(F)(F)F. The molecule has 0 bridgehead atoms. The van der Waals surface area contributed by atoms with Gasteiger partial charge >= 0.3 is 53.6 Å². The molecule has 0 aliphatic rings. The number of halogens is 19. The Morgan fingerprint density at radius 1 is 0.548 bits per heavy atom. The van der Waals surface area contributed by atoms with E-state index in [0.717, 1.165) is 12.1 Å². The highest BCUT2D eigenvalue weighted by molar-refractivity contribution is 5.82. The van der Waals surface area contributed by atoms with Crippen LogP contribution in [-0.4, -0.2) is 76.4 Å². The monoisotopic (exact) mass is 656 g/mol. The third kappa shape index (κ3) is 4.71. The maximum Gasteiger partial charge on any atom is 0.460 e. The van der Waals surface area contributed by atoms with Gasteiger partial charge < -0.3 is 4.74 Å². The maximum absolute atomic E-state index is 14.1. The number of hydrogen-bond acceptors (Lipinski definition) is 4. The van der Waals surface area contributed by atoms with Crippen molar-refractivity contribution in [2.75, 3.05) is 6.61 Å². The smallest absolute Gasteiger partial charge is 0.460 e. The summed E-state index contributed by atoms with van der Waals surface area (Å²) in [7, 11) is 0. The molecule has 0 spiro atoms. The lowest BCUT2D eigenvalue weighted by atomic mass is 9.87. The van der Waals surface area contributed by atoms with Crippen molar-refractivity contribution in [3.05, 3.63) is 30.0 Å². The van der Waals surface area contributed by atoms with Crippen LogP contribution in [0.2, 0.25) is 0 Å². The topological polar surface area (TPSA) is 52.1 Å². The van der Waals surface area contributed by atoms with Gasteiger partial charge in [-0.2, -0.15) is 83.4 Å². The molecule has 0 atom stereocenters. The summed E-state index contributed by atoms with van der Waals surface area (Å²) in [4.78, 5) is 17.7. The first kappa shape index (κ1) is 34.9. The van der Waals surface area contributed by atoms with Crippen molar-refractivity contribution in [2.24, 2.45) is 0 Å². The van der Waals surface area contributed by atoms with E-state index < -0.39 is 71.7 Å². The highest BCUT2D eigenvalue weighted by Gasteiger charge is 2.96. The fourth-order valence-corrected chi connectivity index (χ4v) is 2.82. The van der Waals surface area contributed by atoms with Crippen LogP contribution in [0.5, 0.6) is 5.88 Å². The van der Waals surface area contributed by atoms with Crippen LogP contribution in [0.15, 0.2) is 24.3 Å². The van der Waals surface area contributed by atoms with Crippen LogP contribution >= 0.6 is 0 Å². The molecular weight excluding hydrogens is 649 g/mol. The lowest BCUT2D eigenvalue weighted by molar-refractivity contribution is -0.469. The molecule has 0 amide bonds. The van der Waals surface area contributed by atoms with E-state index in [0.29, 0.717) is 0 Å². The molecule has 0 N–H and O–H groups in total.